The Morgan fingerprint density at radius 1 is 0.786 bits per heavy atom. The maximum Gasteiger partial charge on any atom is 2.00 e. The molecule has 0 aromatic carbocycles. The SMILES string of the molecule is CC(C)(c1cccc(-n2[c-]cc(Br)n2)n1)c1cccc(-n2[c-]cc(Br)n2)n1.[Pd+2]. The topological polar surface area (TPSA) is 61.4 Å². The average molecular weight is 593 g/mol. The molecule has 0 saturated carbocycles. The minimum atomic E-state index is -0.416. The van der Waals surface area contributed by atoms with Crippen LogP contribution in [0.2, 0.25) is 0 Å². The van der Waals surface area contributed by atoms with Crippen molar-refractivity contribution in [3.05, 3.63) is 81.5 Å². The number of pyridine rings is 2. The van der Waals surface area contributed by atoms with Crippen molar-refractivity contribution in [2.24, 2.45) is 0 Å². The molecule has 4 heterocycles. The molecule has 0 spiro atoms. The van der Waals surface area contributed by atoms with Crippen LogP contribution in [0.3, 0.4) is 0 Å². The van der Waals surface area contributed by atoms with E-state index in [9.17, 15) is 0 Å². The monoisotopic (exact) mass is 590 g/mol. The smallest absolute Gasteiger partial charge is 0.343 e. The first kappa shape index (κ1) is 21.1. The molecule has 0 radical (unpaired) electrons. The summed E-state index contributed by atoms with van der Waals surface area (Å²) in [7, 11) is 0. The summed E-state index contributed by atoms with van der Waals surface area (Å²) >= 11 is 6.68. The van der Waals surface area contributed by atoms with E-state index < -0.39 is 5.41 Å². The number of halogens is 2. The fourth-order valence-corrected chi connectivity index (χ4v) is 3.20. The van der Waals surface area contributed by atoms with Crippen LogP contribution in [0.4, 0.5) is 0 Å². The summed E-state index contributed by atoms with van der Waals surface area (Å²) in [5, 5.41) is 8.62. The molecular weight excluding hydrogens is 578 g/mol. The molecule has 0 N–H and O–H groups in total. The summed E-state index contributed by atoms with van der Waals surface area (Å²) in [6.07, 6.45) is 6.07. The summed E-state index contributed by atoms with van der Waals surface area (Å²) in [5.41, 5.74) is 1.35. The van der Waals surface area contributed by atoms with Gasteiger partial charge < -0.3 is 9.36 Å². The van der Waals surface area contributed by atoms with Crippen molar-refractivity contribution < 1.29 is 20.4 Å². The molecule has 28 heavy (non-hydrogen) atoms. The molecule has 0 amide bonds. The largest absolute Gasteiger partial charge is 2.00 e. The third-order valence-electron chi connectivity index (χ3n) is 4.19. The van der Waals surface area contributed by atoms with Crippen molar-refractivity contribution in [2.45, 2.75) is 19.3 Å². The predicted octanol–water partition coefficient (Wildman–Crippen LogP) is 4.30. The van der Waals surface area contributed by atoms with Gasteiger partial charge in [0.2, 0.25) is 0 Å². The first-order chi connectivity index (χ1) is 12.9. The molecule has 0 aliphatic rings. The van der Waals surface area contributed by atoms with Crippen molar-refractivity contribution in [3.63, 3.8) is 0 Å². The number of nitrogens with zero attached hydrogens (tertiary/aromatic N) is 6. The van der Waals surface area contributed by atoms with E-state index in [-0.39, 0.29) is 20.4 Å². The average Bonchev–Trinajstić information content (AvgIpc) is 3.30. The molecule has 6 nitrogen and oxygen atoms in total. The first-order valence-corrected chi connectivity index (χ1v) is 9.74. The van der Waals surface area contributed by atoms with Gasteiger partial charge in [0.15, 0.2) is 0 Å². The van der Waals surface area contributed by atoms with Crippen LogP contribution in [0, 0.1) is 12.4 Å². The number of aromatic nitrogens is 6. The second-order valence-corrected chi connectivity index (χ2v) is 8.03. The van der Waals surface area contributed by atoms with E-state index >= 15 is 0 Å². The van der Waals surface area contributed by atoms with Gasteiger partial charge in [0.05, 0.1) is 11.6 Å². The molecule has 4 aromatic rings. The fraction of sp³-hybridized carbons (Fsp3) is 0.158. The van der Waals surface area contributed by atoms with Crippen molar-refractivity contribution in [2.75, 3.05) is 0 Å². The van der Waals surface area contributed by atoms with Crippen molar-refractivity contribution in [1.29, 1.82) is 0 Å². The van der Waals surface area contributed by atoms with Crippen LogP contribution in [0.1, 0.15) is 25.2 Å². The number of hydrogen-bond acceptors (Lipinski definition) is 4. The van der Waals surface area contributed by atoms with E-state index in [1.54, 1.807) is 21.5 Å². The Hall–Kier alpha value is -1.66. The molecule has 0 unspecified atom stereocenters. The van der Waals surface area contributed by atoms with Gasteiger partial charge in [0, 0.05) is 26.0 Å². The molecule has 4 aromatic heterocycles. The molecule has 144 valence electrons. The van der Waals surface area contributed by atoms with Crippen LogP contribution in [0.5, 0.6) is 0 Å². The third kappa shape index (κ3) is 4.18. The summed E-state index contributed by atoms with van der Waals surface area (Å²) in [6.45, 7) is 4.19. The Morgan fingerprint density at radius 3 is 1.57 bits per heavy atom. The van der Waals surface area contributed by atoms with Crippen LogP contribution in [0.25, 0.3) is 11.6 Å². The third-order valence-corrected chi connectivity index (χ3v) is 4.96. The van der Waals surface area contributed by atoms with Gasteiger partial charge in [0.25, 0.3) is 0 Å². The van der Waals surface area contributed by atoms with E-state index in [2.05, 4.69) is 68.3 Å². The van der Waals surface area contributed by atoms with E-state index in [1.807, 2.05) is 36.4 Å². The van der Waals surface area contributed by atoms with Crippen LogP contribution in [-0.4, -0.2) is 29.5 Å². The van der Waals surface area contributed by atoms with E-state index in [0.29, 0.717) is 20.8 Å². The maximum absolute atomic E-state index is 4.78. The van der Waals surface area contributed by atoms with E-state index in [1.165, 1.54) is 0 Å². The zero-order chi connectivity index (χ0) is 19.0. The normalized spacial score (nSPS) is 11.3. The minimum Gasteiger partial charge on any atom is -0.343 e. The summed E-state index contributed by atoms with van der Waals surface area (Å²) in [4.78, 5) is 9.56. The van der Waals surface area contributed by atoms with E-state index in [4.69, 9.17) is 9.97 Å². The molecule has 0 aliphatic carbocycles. The number of rotatable bonds is 4. The van der Waals surface area contributed by atoms with Gasteiger partial charge in [-0.3, -0.25) is 9.97 Å². The predicted molar refractivity (Wildman–Crippen MR) is 108 cm³/mol. The van der Waals surface area contributed by atoms with Crippen molar-refractivity contribution in [1.82, 2.24) is 29.5 Å². The van der Waals surface area contributed by atoms with Crippen LogP contribution in [0.15, 0.2) is 57.7 Å². The van der Waals surface area contributed by atoms with Crippen molar-refractivity contribution >= 4 is 31.9 Å². The zero-order valence-corrected chi connectivity index (χ0v) is 19.6. The van der Waals surface area contributed by atoms with Gasteiger partial charge >= 0.3 is 20.4 Å². The van der Waals surface area contributed by atoms with Crippen molar-refractivity contribution in [3.8, 4) is 11.6 Å². The van der Waals surface area contributed by atoms with Gasteiger partial charge in [-0.25, -0.2) is 10.2 Å². The maximum atomic E-state index is 4.78. The summed E-state index contributed by atoms with van der Waals surface area (Å²) < 4.78 is 4.66. The summed E-state index contributed by atoms with van der Waals surface area (Å²) in [5.74, 6) is 1.40. The standard InChI is InChI=1S/C19H14Br2N6.Pd/c1-19(2,13-5-3-7-17(22-13)26-11-9-15(20)24-26)14-6-4-8-18(23-14)27-12-10-16(21)25-27;/h3-10H,1-2H3;/q-2;+2. The van der Waals surface area contributed by atoms with Gasteiger partial charge in [-0.15, -0.1) is 44.0 Å². The molecule has 0 fully saturated rings. The Bertz CT molecular complexity index is 1020. The van der Waals surface area contributed by atoms with Crippen LogP contribution >= 0.6 is 31.9 Å². The Kier molecular flexibility index (Phi) is 6.30. The molecular formula is C19H14Br2N6Pd. The summed E-state index contributed by atoms with van der Waals surface area (Å²) in [6, 6.07) is 15.2. The molecule has 0 atom stereocenters. The molecule has 4 rings (SSSR count). The van der Waals surface area contributed by atoms with E-state index in [0.717, 1.165) is 11.4 Å². The quantitative estimate of drug-likeness (QED) is 0.262. The second kappa shape index (κ2) is 8.38. The first-order valence-electron chi connectivity index (χ1n) is 8.16. The van der Waals surface area contributed by atoms with Gasteiger partial charge in [-0.05, 0) is 26.0 Å². The molecule has 0 saturated heterocycles. The van der Waals surface area contributed by atoms with Gasteiger partial charge in [0.1, 0.15) is 0 Å². The Balaban J connectivity index is 0.00000225. The Labute approximate surface area is 193 Å². The van der Waals surface area contributed by atoms with Crippen LogP contribution < -0.4 is 0 Å². The van der Waals surface area contributed by atoms with Crippen LogP contribution in [-0.2, 0) is 25.8 Å². The zero-order valence-electron chi connectivity index (χ0n) is 14.9. The fourth-order valence-electron chi connectivity index (χ4n) is 2.68. The molecule has 0 aliphatic heterocycles. The Morgan fingerprint density at radius 2 is 1.21 bits per heavy atom. The van der Waals surface area contributed by atoms with Gasteiger partial charge in [-0.1, -0.05) is 36.7 Å². The minimum absolute atomic E-state index is 0. The second-order valence-electron chi connectivity index (χ2n) is 6.40. The molecule has 9 heteroatoms. The molecule has 0 bridgehead atoms. The number of hydrogen-bond donors (Lipinski definition) is 0. The van der Waals surface area contributed by atoms with Gasteiger partial charge in [-0.2, -0.15) is 0 Å².